The summed E-state index contributed by atoms with van der Waals surface area (Å²) >= 11 is 6.01. The van der Waals surface area contributed by atoms with Crippen molar-refractivity contribution < 1.29 is 4.39 Å². The highest BCUT2D eigenvalue weighted by atomic mass is 35.5. The van der Waals surface area contributed by atoms with E-state index >= 15 is 0 Å². The van der Waals surface area contributed by atoms with E-state index in [0.29, 0.717) is 11.3 Å². The highest BCUT2D eigenvalue weighted by Gasteiger charge is 2.16. The normalized spacial score (nSPS) is 9.78. The highest BCUT2D eigenvalue weighted by Crippen LogP contribution is 2.28. The van der Waals surface area contributed by atoms with Crippen molar-refractivity contribution in [3.8, 4) is 29.3 Å². The van der Waals surface area contributed by atoms with Gasteiger partial charge in [-0.2, -0.15) is 5.26 Å². The molecule has 0 radical (unpaired) electrons. The number of aromatic nitrogens is 3. The van der Waals surface area contributed by atoms with Gasteiger partial charge in [-0.1, -0.05) is 23.6 Å². The van der Waals surface area contributed by atoms with Crippen LogP contribution < -0.4 is 0 Å². The van der Waals surface area contributed by atoms with Crippen LogP contribution in [0.25, 0.3) is 11.4 Å². The SMILES string of the molecule is N#Cc1nc(-c2c(F)cccc2Cl)[nH]c1C#Cc1cccnc1. The van der Waals surface area contributed by atoms with Crippen molar-refractivity contribution in [3.63, 3.8) is 0 Å². The molecule has 0 aliphatic carbocycles. The van der Waals surface area contributed by atoms with Crippen LogP contribution in [0.4, 0.5) is 4.39 Å². The first-order valence-corrected chi connectivity index (χ1v) is 6.93. The van der Waals surface area contributed by atoms with Gasteiger partial charge in [-0.05, 0) is 30.2 Å². The Labute approximate surface area is 136 Å². The Morgan fingerprint density at radius 1 is 1.17 bits per heavy atom. The summed E-state index contributed by atoms with van der Waals surface area (Å²) in [4.78, 5) is 10.9. The maximum Gasteiger partial charge on any atom is 0.175 e. The third-order valence-electron chi connectivity index (χ3n) is 3.00. The first-order chi connectivity index (χ1) is 11.2. The molecule has 0 saturated heterocycles. The molecule has 3 aromatic rings. The van der Waals surface area contributed by atoms with Crippen LogP contribution in [0.3, 0.4) is 0 Å². The Morgan fingerprint density at radius 2 is 2.04 bits per heavy atom. The van der Waals surface area contributed by atoms with E-state index in [9.17, 15) is 9.65 Å². The summed E-state index contributed by atoms with van der Waals surface area (Å²) in [6, 6.07) is 9.80. The molecule has 0 atom stereocenters. The minimum atomic E-state index is -0.525. The molecule has 0 amide bonds. The molecular formula is C17H8ClFN4. The molecule has 0 aliphatic rings. The maximum absolute atomic E-state index is 14.0. The molecule has 2 aromatic heterocycles. The zero-order chi connectivity index (χ0) is 16.2. The van der Waals surface area contributed by atoms with Gasteiger partial charge in [0, 0.05) is 18.0 Å². The van der Waals surface area contributed by atoms with E-state index in [2.05, 4.69) is 26.8 Å². The van der Waals surface area contributed by atoms with Gasteiger partial charge >= 0.3 is 0 Å². The van der Waals surface area contributed by atoms with Crippen LogP contribution in [0, 0.1) is 29.0 Å². The van der Waals surface area contributed by atoms with Gasteiger partial charge in [-0.25, -0.2) is 9.37 Å². The lowest BCUT2D eigenvalue weighted by atomic mass is 10.2. The molecule has 0 aliphatic heterocycles. The van der Waals surface area contributed by atoms with Crippen molar-refractivity contribution >= 4 is 11.6 Å². The number of hydrogen-bond acceptors (Lipinski definition) is 3. The number of aromatic amines is 1. The number of imidazole rings is 1. The van der Waals surface area contributed by atoms with E-state index in [1.54, 1.807) is 30.6 Å². The summed E-state index contributed by atoms with van der Waals surface area (Å²) in [5, 5.41) is 9.38. The van der Waals surface area contributed by atoms with Crippen molar-refractivity contribution in [1.82, 2.24) is 15.0 Å². The smallest absolute Gasteiger partial charge is 0.175 e. The third kappa shape index (κ3) is 3.06. The fraction of sp³-hybridized carbons (Fsp3) is 0. The first kappa shape index (κ1) is 14.8. The molecule has 2 heterocycles. The number of halogens is 2. The molecule has 4 nitrogen and oxygen atoms in total. The predicted octanol–water partition coefficient (Wildman–Crippen LogP) is 3.54. The topological polar surface area (TPSA) is 65.4 Å². The molecule has 0 bridgehead atoms. The molecule has 1 N–H and O–H groups in total. The Balaban J connectivity index is 2.06. The molecule has 110 valence electrons. The summed E-state index contributed by atoms with van der Waals surface area (Å²) in [5.41, 5.74) is 1.18. The van der Waals surface area contributed by atoms with Crippen LogP contribution in [0.1, 0.15) is 17.0 Å². The summed E-state index contributed by atoms with van der Waals surface area (Å²) < 4.78 is 14.0. The van der Waals surface area contributed by atoms with Crippen LogP contribution in [-0.4, -0.2) is 15.0 Å². The fourth-order valence-corrected chi connectivity index (χ4v) is 2.21. The van der Waals surface area contributed by atoms with E-state index in [1.165, 1.54) is 12.1 Å². The Morgan fingerprint density at radius 3 is 2.74 bits per heavy atom. The molecule has 23 heavy (non-hydrogen) atoms. The van der Waals surface area contributed by atoms with Gasteiger partial charge in [0.05, 0.1) is 10.6 Å². The monoisotopic (exact) mass is 322 g/mol. The van der Waals surface area contributed by atoms with Crippen LogP contribution in [-0.2, 0) is 0 Å². The standard InChI is InChI=1S/C17H8ClFN4/c18-12-4-1-5-13(19)16(12)17-22-14(15(9-20)23-17)7-6-11-3-2-8-21-10-11/h1-5,8,10H,(H,22,23). The number of benzene rings is 1. The Bertz CT molecular complexity index is 941. The van der Waals surface area contributed by atoms with Crippen LogP contribution in [0.2, 0.25) is 5.02 Å². The average Bonchev–Trinajstić information content (AvgIpc) is 2.96. The lowest BCUT2D eigenvalue weighted by molar-refractivity contribution is 0.630. The first-order valence-electron chi connectivity index (χ1n) is 6.55. The quantitative estimate of drug-likeness (QED) is 0.697. The van der Waals surface area contributed by atoms with Crippen molar-refractivity contribution in [2.45, 2.75) is 0 Å². The predicted molar refractivity (Wildman–Crippen MR) is 83.9 cm³/mol. The summed E-state index contributed by atoms with van der Waals surface area (Å²) in [5.74, 6) is 5.32. The molecule has 0 spiro atoms. The van der Waals surface area contributed by atoms with Gasteiger partial charge in [0.25, 0.3) is 0 Å². The summed E-state index contributed by atoms with van der Waals surface area (Å²) in [6.45, 7) is 0. The summed E-state index contributed by atoms with van der Waals surface area (Å²) in [6.07, 6.45) is 3.24. The van der Waals surface area contributed by atoms with Gasteiger partial charge in [0.1, 0.15) is 23.4 Å². The van der Waals surface area contributed by atoms with Crippen LogP contribution in [0.5, 0.6) is 0 Å². The number of nitriles is 1. The zero-order valence-electron chi connectivity index (χ0n) is 11.6. The average molecular weight is 323 g/mol. The fourth-order valence-electron chi connectivity index (χ4n) is 1.96. The molecule has 0 fully saturated rings. The second-order valence-corrected chi connectivity index (χ2v) is 4.92. The van der Waals surface area contributed by atoms with E-state index in [-0.39, 0.29) is 22.1 Å². The van der Waals surface area contributed by atoms with Gasteiger partial charge in [-0.15, -0.1) is 0 Å². The molecule has 0 unspecified atom stereocenters. The molecular weight excluding hydrogens is 315 g/mol. The molecule has 3 rings (SSSR count). The van der Waals surface area contributed by atoms with Gasteiger partial charge in [-0.3, -0.25) is 4.98 Å². The van der Waals surface area contributed by atoms with Gasteiger partial charge in [0.2, 0.25) is 0 Å². The number of rotatable bonds is 1. The molecule has 1 aromatic carbocycles. The number of nitrogens with one attached hydrogen (secondary N) is 1. The second-order valence-electron chi connectivity index (χ2n) is 4.51. The lowest BCUT2D eigenvalue weighted by Crippen LogP contribution is -1.88. The zero-order valence-corrected chi connectivity index (χ0v) is 12.4. The number of H-pyrrole nitrogens is 1. The van der Waals surface area contributed by atoms with Gasteiger partial charge < -0.3 is 4.98 Å². The van der Waals surface area contributed by atoms with Crippen molar-refractivity contribution in [2.24, 2.45) is 0 Å². The third-order valence-corrected chi connectivity index (χ3v) is 3.32. The maximum atomic E-state index is 14.0. The van der Waals surface area contributed by atoms with Crippen molar-refractivity contribution in [2.75, 3.05) is 0 Å². The van der Waals surface area contributed by atoms with E-state index < -0.39 is 5.82 Å². The number of nitrogens with zero attached hydrogens (tertiary/aromatic N) is 3. The Hall–Kier alpha value is -3.15. The molecule has 6 heteroatoms. The number of pyridine rings is 1. The van der Waals surface area contributed by atoms with Crippen molar-refractivity contribution in [3.05, 3.63) is 70.5 Å². The molecule has 0 saturated carbocycles. The van der Waals surface area contributed by atoms with Gasteiger partial charge in [0.15, 0.2) is 5.69 Å². The van der Waals surface area contributed by atoms with E-state index in [4.69, 9.17) is 11.6 Å². The lowest BCUT2D eigenvalue weighted by Gasteiger charge is -2.01. The van der Waals surface area contributed by atoms with E-state index in [1.807, 2.05) is 6.07 Å². The minimum absolute atomic E-state index is 0.0794. The summed E-state index contributed by atoms with van der Waals surface area (Å²) in [7, 11) is 0. The number of hydrogen-bond donors (Lipinski definition) is 1. The van der Waals surface area contributed by atoms with Crippen LogP contribution >= 0.6 is 11.6 Å². The van der Waals surface area contributed by atoms with E-state index in [0.717, 1.165) is 0 Å². The second kappa shape index (κ2) is 6.31. The largest absolute Gasteiger partial charge is 0.330 e. The van der Waals surface area contributed by atoms with Crippen LogP contribution in [0.15, 0.2) is 42.7 Å². The van der Waals surface area contributed by atoms with Crippen molar-refractivity contribution in [1.29, 1.82) is 5.26 Å². The Kier molecular flexibility index (Phi) is 4.05. The minimum Gasteiger partial charge on any atom is -0.330 e. The highest BCUT2D eigenvalue weighted by molar-refractivity contribution is 6.33.